The molecule has 8 nitrogen and oxygen atoms in total. The van der Waals surface area contributed by atoms with Crippen molar-refractivity contribution >= 4 is 27.3 Å². The molecule has 1 amide bonds. The summed E-state index contributed by atoms with van der Waals surface area (Å²) >= 11 is 0. The molecule has 1 unspecified atom stereocenters. The molecule has 0 aromatic heterocycles. The Balaban J connectivity index is 1.93. The van der Waals surface area contributed by atoms with Gasteiger partial charge in [-0.3, -0.25) is 19.2 Å². The van der Waals surface area contributed by atoms with Crippen LogP contribution in [0, 0.1) is 10.1 Å². The van der Waals surface area contributed by atoms with Crippen LogP contribution in [0.15, 0.2) is 89.8 Å². The SMILES string of the molecule is CC(NC(=O)CN(c1cccc([N+](=O)[O-])c1)S(=O)(=O)c1ccccc1)c1ccccc1. The fourth-order valence-electron chi connectivity index (χ4n) is 3.04. The summed E-state index contributed by atoms with van der Waals surface area (Å²) in [4.78, 5) is 23.3. The van der Waals surface area contributed by atoms with E-state index in [9.17, 15) is 23.3 Å². The van der Waals surface area contributed by atoms with Gasteiger partial charge < -0.3 is 5.32 Å². The number of sulfonamides is 1. The number of amides is 1. The molecular weight excluding hydrogens is 418 g/mol. The molecule has 0 fully saturated rings. The van der Waals surface area contributed by atoms with Crippen molar-refractivity contribution in [3.63, 3.8) is 0 Å². The van der Waals surface area contributed by atoms with Crippen molar-refractivity contribution in [2.45, 2.75) is 17.9 Å². The molecule has 0 spiro atoms. The number of rotatable bonds is 8. The number of carbonyl (C=O) groups is 1. The van der Waals surface area contributed by atoms with Gasteiger partial charge in [0.05, 0.1) is 21.5 Å². The number of carbonyl (C=O) groups excluding carboxylic acids is 1. The van der Waals surface area contributed by atoms with Gasteiger partial charge in [0.15, 0.2) is 0 Å². The maximum absolute atomic E-state index is 13.3. The number of non-ortho nitro benzene ring substituents is 1. The van der Waals surface area contributed by atoms with Crippen LogP contribution in [0.5, 0.6) is 0 Å². The minimum absolute atomic E-state index is 0.0228. The minimum atomic E-state index is -4.14. The highest BCUT2D eigenvalue weighted by Crippen LogP contribution is 2.27. The molecule has 3 rings (SSSR count). The quantitative estimate of drug-likeness (QED) is 0.425. The summed E-state index contributed by atoms with van der Waals surface area (Å²) in [6.07, 6.45) is 0. The van der Waals surface area contributed by atoms with Gasteiger partial charge in [0.2, 0.25) is 5.91 Å². The van der Waals surface area contributed by atoms with Gasteiger partial charge in [-0.15, -0.1) is 0 Å². The van der Waals surface area contributed by atoms with Crippen LogP contribution in [0.1, 0.15) is 18.5 Å². The van der Waals surface area contributed by atoms with Crippen LogP contribution in [-0.2, 0) is 14.8 Å². The molecule has 160 valence electrons. The van der Waals surface area contributed by atoms with Crippen molar-refractivity contribution in [1.29, 1.82) is 0 Å². The zero-order chi connectivity index (χ0) is 22.4. The molecule has 0 saturated heterocycles. The molecule has 3 aromatic carbocycles. The van der Waals surface area contributed by atoms with Crippen molar-refractivity contribution in [2.24, 2.45) is 0 Å². The smallest absolute Gasteiger partial charge is 0.271 e. The Labute approximate surface area is 180 Å². The third-order valence-electron chi connectivity index (χ3n) is 4.62. The zero-order valence-corrected chi connectivity index (χ0v) is 17.5. The summed E-state index contributed by atoms with van der Waals surface area (Å²) in [6.45, 7) is 1.26. The van der Waals surface area contributed by atoms with Gasteiger partial charge in [0, 0.05) is 12.1 Å². The van der Waals surface area contributed by atoms with Gasteiger partial charge in [-0.25, -0.2) is 8.42 Å². The van der Waals surface area contributed by atoms with Crippen LogP contribution in [0.25, 0.3) is 0 Å². The molecule has 0 aliphatic rings. The van der Waals surface area contributed by atoms with Crippen molar-refractivity contribution in [1.82, 2.24) is 5.32 Å². The average molecular weight is 439 g/mol. The maximum Gasteiger partial charge on any atom is 0.271 e. The van der Waals surface area contributed by atoms with E-state index in [1.165, 1.54) is 30.3 Å². The largest absolute Gasteiger partial charge is 0.348 e. The second-order valence-corrected chi connectivity index (χ2v) is 8.66. The maximum atomic E-state index is 13.3. The van der Waals surface area contributed by atoms with E-state index in [4.69, 9.17) is 0 Å². The lowest BCUT2D eigenvalue weighted by atomic mass is 10.1. The number of benzene rings is 3. The molecule has 1 N–H and O–H groups in total. The lowest BCUT2D eigenvalue weighted by Gasteiger charge is -2.25. The number of anilines is 1. The number of hydrogen-bond acceptors (Lipinski definition) is 5. The lowest BCUT2D eigenvalue weighted by Crippen LogP contribution is -2.41. The van der Waals surface area contributed by atoms with E-state index in [1.54, 1.807) is 25.1 Å². The second-order valence-electron chi connectivity index (χ2n) is 6.80. The van der Waals surface area contributed by atoms with Gasteiger partial charge in [0.1, 0.15) is 6.54 Å². The molecule has 1 atom stereocenters. The van der Waals surface area contributed by atoms with Crippen molar-refractivity contribution in [3.8, 4) is 0 Å². The first-order valence-electron chi connectivity index (χ1n) is 9.45. The fourth-order valence-corrected chi connectivity index (χ4v) is 4.47. The third kappa shape index (κ3) is 5.26. The van der Waals surface area contributed by atoms with Crippen LogP contribution in [0.4, 0.5) is 11.4 Å². The second kappa shape index (κ2) is 9.40. The van der Waals surface area contributed by atoms with Gasteiger partial charge in [-0.1, -0.05) is 54.6 Å². The molecule has 0 aliphatic carbocycles. The van der Waals surface area contributed by atoms with E-state index in [0.29, 0.717) is 0 Å². The average Bonchev–Trinajstić information content (AvgIpc) is 2.78. The topological polar surface area (TPSA) is 110 Å². The summed E-state index contributed by atoms with van der Waals surface area (Å²) in [6, 6.07) is 21.7. The van der Waals surface area contributed by atoms with Crippen LogP contribution in [0.3, 0.4) is 0 Å². The molecule has 0 radical (unpaired) electrons. The first kappa shape index (κ1) is 22.0. The standard InChI is InChI=1S/C22H21N3O5S/c1-17(18-9-4-2-5-10-18)23-22(26)16-24(19-11-8-12-20(15-19)25(27)28)31(29,30)21-13-6-3-7-14-21/h2-15,17H,16H2,1H3,(H,23,26). The van der Waals surface area contributed by atoms with E-state index in [-0.39, 0.29) is 22.3 Å². The van der Waals surface area contributed by atoms with Gasteiger partial charge >= 0.3 is 0 Å². The minimum Gasteiger partial charge on any atom is -0.348 e. The summed E-state index contributed by atoms with van der Waals surface area (Å²) in [5.41, 5.74) is 0.619. The first-order valence-corrected chi connectivity index (χ1v) is 10.9. The fraction of sp³-hybridized carbons (Fsp3) is 0.136. The Morgan fingerprint density at radius 1 is 1.00 bits per heavy atom. The Morgan fingerprint density at radius 2 is 1.61 bits per heavy atom. The van der Waals surface area contributed by atoms with E-state index >= 15 is 0 Å². The lowest BCUT2D eigenvalue weighted by molar-refractivity contribution is -0.384. The van der Waals surface area contributed by atoms with Crippen molar-refractivity contribution in [2.75, 3.05) is 10.8 Å². The predicted molar refractivity (Wildman–Crippen MR) is 117 cm³/mol. The number of hydrogen-bond donors (Lipinski definition) is 1. The summed E-state index contributed by atoms with van der Waals surface area (Å²) < 4.78 is 27.4. The van der Waals surface area contributed by atoms with E-state index in [0.717, 1.165) is 15.9 Å². The summed E-state index contributed by atoms with van der Waals surface area (Å²) in [5, 5.41) is 14.0. The predicted octanol–water partition coefficient (Wildman–Crippen LogP) is 3.67. The van der Waals surface area contributed by atoms with Crippen LogP contribution in [-0.4, -0.2) is 25.8 Å². The van der Waals surface area contributed by atoms with Gasteiger partial charge in [0.25, 0.3) is 15.7 Å². The molecule has 0 bridgehead atoms. The molecule has 0 heterocycles. The van der Waals surface area contributed by atoms with Crippen LogP contribution in [0.2, 0.25) is 0 Å². The number of nitrogens with zero attached hydrogens (tertiary/aromatic N) is 2. The van der Waals surface area contributed by atoms with Crippen LogP contribution >= 0.6 is 0 Å². The highest BCUT2D eigenvalue weighted by molar-refractivity contribution is 7.92. The molecule has 0 saturated carbocycles. The molecule has 0 aliphatic heterocycles. The molecular formula is C22H21N3O5S. The van der Waals surface area contributed by atoms with Gasteiger partial charge in [-0.2, -0.15) is 0 Å². The number of nitrogens with one attached hydrogen (secondary N) is 1. The monoisotopic (exact) mass is 439 g/mol. The Morgan fingerprint density at radius 3 is 2.23 bits per heavy atom. The number of nitro benzene ring substituents is 1. The van der Waals surface area contributed by atoms with E-state index < -0.39 is 27.4 Å². The summed E-state index contributed by atoms with van der Waals surface area (Å²) in [7, 11) is -4.14. The third-order valence-corrected chi connectivity index (χ3v) is 6.41. The Hall–Kier alpha value is -3.72. The van der Waals surface area contributed by atoms with Crippen molar-refractivity contribution in [3.05, 3.63) is 101 Å². The van der Waals surface area contributed by atoms with E-state index in [1.807, 2.05) is 30.3 Å². The van der Waals surface area contributed by atoms with Gasteiger partial charge in [-0.05, 0) is 30.7 Å². The summed E-state index contributed by atoms with van der Waals surface area (Å²) in [5.74, 6) is -0.539. The van der Waals surface area contributed by atoms with Crippen molar-refractivity contribution < 1.29 is 18.1 Å². The number of nitro groups is 1. The zero-order valence-electron chi connectivity index (χ0n) is 16.7. The molecule has 31 heavy (non-hydrogen) atoms. The normalized spacial score (nSPS) is 12.0. The highest BCUT2D eigenvalue weighted by atomic mass is 32.2. The Bertz CT molecular complexity index is 1170. The Kier molecular flexibility index (Phi) is 6.66. The van der Waals surface area contributed by atoms with Crippen LogP contribution < -0.4 is 9.62 Å². The first-order chi connectivity index (χ1) is 14.8. The highest BCUT2D eigenvalue weighted by Gasteiger charge is 2.28. The molecule has 3 aromatic rings. The molecule has 9 heteroatoms. The van der Waals surface area contributed by atoms with E-state index in [2.05, 4.69) is 5.32 Å².